The summed E-state index contributed by atoms with van der Waals surface area (Å²) in [5.41, 5.74) is 2.14. The van der Waals surface area contributed by atoms with Gasteiger partial charge in [-0.1, -0.05) is 44.2 Å². The number of aromatic nitrogens is 3. The van der Waals surface area contributed by atoms with Crippen LogP contribution in [-0.4, -0.2) is 43.4 Å². The van der Waals surface area contributed by atoms with Crippen LogP contribution in [0.3, 0.4) is 0 Å². The second-order valence-electron chi connectivity index (χ2n) is 9.11. The van der Waals surface area contributed by atoms with Gasteiger partial charge in [0.05, 0.1) is 22.3 Å². The van der Waals surface area contributed by atoms with E-state index in [-0.39, 0.29) is 5.92 Å². The van der Waals surface area contributed by atoms with E-state index in [1.165, 1.54) is 0 Å². The summed E-state index contributed by atoms with van der Waals surface area (Å²) in [6, 6.07) is 19.0. The molecule has 0 spiro atoms. The zero-order valence-corrected chi connectivity index (χ0v) is 19.7. The van der Waals surface area contributed by atoms with Crippen molar-refractivity contribution in [3.63, 3.8) is 0 Å². The van der Waals surface area contributed by atoms with Crippen molar-refractivity contribution in [3.05, 3.63) is 83.6 Å². The number of rotatable bonds is 6. The topological polar surface area (TPSA) is 97.2 Å². The van der Waals surface area contributed by atoms with Gasteiger partial charge in [0.15, 0.2) is 5.82 Å². The van der Waals surface area contributed by atoms with Gasteiger partial charge < -0.3 is 5.32 Å². The fraction of sp³-hybridized carbons (Fsp3) is 0.222. The van der Waals surface area contributed by atoms with E-state index in [0.29, 0.717) is 34.9 Å². The number of anilines is 1. The molecule has 1 aliphatic rings. The Bertz CT molecular complexity index is 1440. The van der Waals surface area contributed by atoms with Crippen LogP contribution in [0.25, 0.3) is 16.7 Å². The summed E-state index contributed by atoms with van der Waals surface area (Å²) in [6.45, 7) is 5.72. The monoisotopic (exact) mass is 467 g/mol. The van der Waals surface area contributed by atoms with E-state index >= 15 is 0 Å². The lowest BCUT2D eigenvalue weighted by molar-refractivity contribution is -0.120. The molecule has 1 unspecified atom stereocenters. The number of amides is 3. The maximum atomic E-state index is 13.6. The number of fused-ring (bicyclic) bond motifs is 2. The molecule has 3 amide bonds. The van der Waals surface area contributed by atoms with Crippen LogP contribution in [0.4, 0.5) is 5.82 Å². The Hall–Kier alpha value is -4.33. The van der Waals surface area contributed by atoms with Gasteiger partial charge in [0.25, 0.3) is 11.8 Å². The van der Waals surface area contributed by atoms with Gasteiger partial charge in [-0.2, -0.15) is 9.78 Å². The third kappa shape index (κ3) is 4.07. The number of benzene rings is 2. The third-order valence-corrected chi connectivity index (χ3v) is 6.02. The number of imide groups is 1. The van der Waals surface area contributed by atoms with E-state index in [1.54, 1.807) is 35.0 Å². The van der Waals surface area contributed by atoms with Crippen LogP contribution < -0.4 is 5.32 Å². The summed E-state index contributed by atoms with van der Waals surface area (Å²) in [7, 11) is 0. The molecule has 1 aliphatic heterocycles. The molecule has 35 heavy (non-hydrogen) atoms. The van der Waals surface area contributed by atoms with Crippen LogP contribution in [0, 0.1) is 12.8 Å². The summed E-state index contributed by atoms with van der Waals surface area (Å²) in [5, 5.41) is 8.41. The van der Waals surface area contributed by atoms with Crippen molar-refractivity contribution in [2.24, 2.45) is 5.92 Å². The number of hydrogen-bond donors (Lipinski definition) is 1. The molecule has 2 aromatic heterocycles. The normalized spacial score (nSPS) is 14.0. The lowest BCUT2D eigenvalue weighted by atomic mass is 10.0. The highest BCUT2D eigenvalue weighted by Gasteiger charge is 2.43. The number of carbonyl (C=O) groups is 3. The van der Waals surface area contributed by atoms with Crippen LogP contribution in [0.1, 0.15) is 46.7 Å². The summed E-state index contributed by atoms with van der Waals surface area (Å²) < 4.78 is 1.56. The van der Waals surface area contributed by atoms with Crippen LogP contribution >= 0.6 is 0 Å². The van der Waals surface area contributed by atoms with Gasteiger partial charge in [0.2, 0.25) is 5.91 Å². The lowest BCUT2D eigenvalue weighted by Gasteiger charge is -2.26. The first-order valence-corrected chi connectivity index (χ1v) is 11.5. The van der Waals surface area contributed by atoms with E-state index < -0.39 is 23.8 Å². The number of hydrogen-bond acceptors (Lipinski definition) is 5. The summed E-state index contributed by atoms with van der Waals surface area (Å²) in [4.78, 5) is 45.5. The minimum absolute atomic E-state index is 0.0730. The maximum absolute atomic E-state index is 13.6. The molecule has 0 aliphatic carbocycles. The van der Waals surface area contributed by atoms with Gasteiger partial charge in [-0.3, -0.25) is 19.3 Å². The number of para-hydroxylation sites is 1. The minimum atomic E-state index is -0.962. The summed E-state index contributed by atoms with van der Waals surface area (Å²) >= 11 is 0. The molecule has 0 saturated carbocycles. The molecule has 0 fully saturated rings. The minimum Gasteiger partial charge on any atom is -0.309 e. The smallest absolute Gasteiger partial charge is 0.262 e. The summed E-state index contributed by atoms with van der Waals surface area (Å²) in [5.74, 6) is -0.313. The van der Waals surface area contributed by atoms with Crippen molar-refractivity contribution >= 4 is 34.4 Å². The van der Waals surface area contributed by atoms with Crippen LogP contribution in [0.15, 0.2) is 66.7 Å². The second-order valence-corrected chi connectivity index (χ2v) is 9.11. The molecular weight excluding hydrogens is 442 g/mol. The Labute approximate surface area is 202 Å². The van der Waals surface area contributed by atoms with Gasteiger partial charge in [-0.05, 0) is 49.6 Å². The SMILES string of the molecule is Cc1cc(NC(=O)C(CC(C)C)N2C(=O)c3ccccc3C2=O)n(-c2ccc3ccccc3n2)n1. The second kappa shape index (κ2) is 8.79. The maximum Gasteiger partial charge on any atom is 0.262 e. The van der Waals surface area contributed by atoms with E-state index in [1.807, 2.05) is 57.2 Å². The molecule has 176 valence electrons. The Kier molecular flexibility index (Phi) is 5.64. The van der Waals surface area contributed by atoms with Crippen molar-refractivity contribution in [3.8, 4) is 5.82 Å². The van der Waals surface area contributed by atoms with E-state index in [2.05, 4.69) is 15.4 Å². The molecule has 8 heteroatoms. The van der Waals surface area contributed by atoms with E-state index in [0.717, 1.165) is 15.8 Å². The van der Waals surface area contributed by atoms with Crippen molar-refractivity contribution in [1.29, 1.82) is 0 Å². The molecule has 1 N–H and O–H groups in total. The first-order chi connectivity index (χ1) is 16.8. The van der Waals surface area contributed by atoms with Crippen molar-refractivity contribution in [1.82, 2.24) is 19.7 Å². The number of aryl methyl sites for hydroxylation is 1. The molecule has 0 radical (unpaired) electrons. The highest BCUT2D eigenvalue weighted by Crippen LogP contribution is 2.28. The van der Waals surface area contributed by atoms with Crippen molar-refractivity contribution < 1.29 is 14.4 Å². The number of nitrogens with one attached hydrogen (secondary N) is 1. The zero-order valence-electron chi connectivity index (χ0n) is 19.7. The molecule has 8 nitrogen and oxygen atoms in total. The highest BCUT2D eigenvalue weighted by atomic mass is 16.2. The van der Waals surface area contributed by atoms with Crippen LogP contribution in [0.2, 0.25) is 0 Å². The molecule has 0 saturated heterocycles. The molecule has 5 rings (SSSR count). The third-order valence-electron chi connectivity index (χ3n) is 6.02. The molecule has 2 aromatic carbocycles. The summed E-state index contributed by atoms with van der Waals surface area (Å²) in [6.07, 6.45) is 0.332. The highest BCUT2D eigenvalue weighted by molar-refractivity contribution is 6.23. The molecule has 4 aromatic rings. The Morgan fingerprint density at radius 3 is 2.29 bits per heavy atom. The molecular formula is C27H25N5O3. The molecule has 1 atom stereocenters. The average Bonchev–Trinajstić information content (AvgIpc) is 3.33. The Balaban J connectivity index is 1.48. The largest absolute Gasteiger partial charge is 0.309 e. The van der Waals surface area contributed by atoms with Crippen LogP contribution in [0.5, 0.6) is 0 Å². The van der Waals surface area contributed by atoms with E-state index in [9.17, 15) is 14.4 Å². The lowest BCUT2D eigenvalue weighted by Crippen LogP contribution is -2.48. The predicted octanol–water partition coefficient (Wildman–Crippen LogP) is 4.38. The zero-order chi connectivity index (χ0) is 24.7. The van der Waals surface area contributed by atoms with Gasteiger partial charge in [-0.15, -0.1) is 0 Å². The fourth-order valence-corrected chi connectivity index (χ4v) is 4.41. The van der Waals surface area contributed by atoms with Gasteiger partial charge in [-0.25, -0.2) is 4.98 Å². The Morgan fingerprint density at radius 2 is 1.60 bits per heavy atom. The fourth-order valence-electron chi connectivity index (χ4n) is 4.41. The van der Waals surface area contributed by atoms with E-state index in [4.69, 9.17) is 0 Å². The quantitative estimate of drug-likeness (QED) is 0.425. The molecule has 3 heterocycles. The van der Waals surface area contributed by atoms with Crippen molar-refractivity contribution in [2.45, 2.75) is 33.2 Å². The standard InChI is InChI=1S/C27H25N5O3/c1-16(2)14-22(31-26(34)19-9-5-6-10-20(19)27(31)35)25(33)29-24-15-17(3)30-32(24)23-13-12-18-8-4-7-11-21(18)28-23/h4-13,15-16,22H,14H2,1-3H3,(H,29,33). The Morgan fingerprint density at radius 1 is 0.943 bits per heavy atom. The predicted molar refractivity (Wildman–Crippen MR) is 132 cm³/mol. The van der Waals surface area contributed by atoms with Gasteiger partial charge in [0.1, 0.15) is 11.9 Å². The van der Waals surface area contributed by atoms with Crippen LogP contribution in [-0.2, 0) is 4.79 Å². The first kappa shape index (κ1) is 22.5. The number of nitrogens with zero attached hydrogens (tertiary/aromatic N) is 4. The number of pyridine rings is 1. The van der Waals surface area contributed by atoms with Gasteiger partial charge >= 0.3 is 0 Å². The number of carbonyl (C=O) groups excluding carboxylic acids is 3. The van der Waals surface area contributed by atoms with Crippen molar-refractivity contribution in [2.75, 3.05) is 5.32 Å². The molecule has 0 bridgehead atoms. The first-order valence-electron chi connectivity index (χ1n) is 11.5. The van der Waals surface area contributed by atoms with Gasteiger partial charge in [0, 0.05) is 11.5 Å². The average molecular weight is 468 g/mol.